The molecule has 0 bridgehead atoms. The normalized spacial score (nSPS) is 18.2. The van der Waals surface area contributed by atoms with E-state index in [9.17, 15) is 9.18 Å². The van der Waals surface area contributed by atoms with Crippen LogP contribution in [0.1, 0.15) is 19.4 Å². The number of amidine groups is 1. The van der Waals surface area contributed by atoms with Crippen molar-refractivity contribution in [2.24, 2.45) is 4.99 Å². The van der Waals surface area contributed by atoms with Gasteiger partial charge in [-0.25, -0.2) is 4.39 Å². The third-order valence-corrected chi connectivity index (χ3v) is 2.54. The summed E-state index contributed by atoms with van der Waals surface area (Å²) in [6, 6.07) is 6.49. The van der Waals surface area contributed by atoms with Crippen LogP contribution in [0.5, 0.6) is 0 Å². The van der Waals surface area contributed by atoms with Crippen LogP contribution >= 0.6 is 0 Å². The molecule has 0 aliphatic carbocycles. The number of nitrogens with zero attached hydrogens (tertiary/aromatic N) is 1. The number of hydrogen-bond donors (Lipinski definition) is 1. The second kappa shape index (κ2) is 3.70. The van der Waals surface area contributed by atoms with Crippen molar-refractivity contribution in [1.82, 2.24) is 5.32 Å². The highest BCUT2D eigenvalue weighted by atomic mass is 19.1. The van der Waals surface area contributed by atoms with Crippen LogP contribution in [0.25, 0.3) is 0 Å². The minimum absolute atomic E-state index is 0.140. The van der Waals surface area contributed by atoms with Gasteiger partial charge < -0.3 is 5.32 Å². The maximum atomic E-state index is 13.4. The van der Waals surface area contributed by atoms with Crippen molar-refractivity contribution < 1.29 is 9.18 Å². The van der Waals surface area contributed by atoms with Crippen LogP contribution in [0.3, 0.4) is 0 Å². The number of rotatable bonds is 2. The monoisotopic (exact) mass is 220 g/mol. The predicted octanol–water partition coefficient (Wildman–Crippen LogP) is 1.68. The van der Waals surface area contributed by atoms with Crippen LogP contribution in [0.4, 0.5) is 4.39 Å². The molecule has 4 heteroatoms. The van der Waals surface area contributed by atoms with Crippen molar-refractivity contribution in [2.75, 3.05) is 0 Å². The molecule has 0 radical (unpaired) electrons. The van der Waals surface area contributed by atoms with Gasteiger partial charge in [-0.3, -0.25) is 9.79 Å². The Bertz CT molecular complexity index is 466. The molecular formula is C12H13FN2O. The Labute approximate surface area is 93.4 Å². The zero-order valence-electron chi connectivity index (χ0n) is 9.25. The third kappa shape index (κ3) is 1.96. The average molecular weight is 220 g/mol. The summed E-state index contributed by atoms with van der Waals surface area (Å²) in [5.41, 5.74) is -0.195. The first-order chi connectivity index (χ1) is 7.49. The van der Waals surface area contributed by atoms with E-state index in [2.05, 4.69) is 10.3 Å². The fraction of sp³-hybridized carbons (Fsp3) is 0.333. The molecule has 0 saturated heterocycles. The summed E-state index contributed by atoms with van der Waals surface area (Å²) in [6.07, 6.45) is 0.321. The molecule has 0 spiro atoms. The number of nitrogens with one attached hydrogen (secondary N) is 1. The molecule has 0 unspecified atom stereocenters. The molecule has 3 nitrogen and oxygen atoms in total. The number of carbonyl (C=O) groups is 1. The standard InChI is InChI=1S/C12H13FN2O/c1-12(2)11(16)14-10(15-12)7-8-5-3-4-6-9(8)13/h3-6H,7H2,1-2H3,(H,14,15,16). The highest BCUT2D eigenvalue weighted by Gasteiger charge is 2.33. The molecular weight excluding hydrogens is 207 g/mol. The summed E-state index contributed by atoms with van der Waals surface area (Å²) in [5, 5.41) is 2.66. The molecule has 16 heavy (non-hydrogen) atoms. The topological polar surface area (TPSA) is 41.5 Å². The summed E-state index contributed by atoms with van der Waals surface area (Å²) in [7, 11) is 0. The first-order valence-corrected chi connectivity index (χ1v) is 5.12. The number of halogens is 1. The molecule has 84 valence electrons. The van der Waals surface area contributed by atoms with Crippen LogP contribution in [0.15, 0.2) is 29.3 Å². The molecule has 0 saturated carbocycles. The van der Waals surface area contributed by atoms with Gasteiger partial charge in [-0.15, -0.1) is 0 Å². The molecule has 0 atom stereocenters. The Morgan fingerprint density at radius 1 is 1.38 bits per heavy atom. The number of aliphatic imine (C=N–C) groups is 1. The first kappa shape index (κ1) is 10.8. The molecule has 0 fully saturated rings. The molecule has 1 aliphatic rings. The molecule has 1 amide bonds. The fourth-order valence-electron chi connectivity index (χ4n) is 1.61. The zero-order chi connectivity index (χ0) is 11.8. The van der Waals surface area contributed by atoms with E-state index >= 15 is 0 Å². The Hall–Kier alpha value is -1.71. The van der Waals surface area contributed by atoms with Gasteiger partial charge >= 0.3 is 0 Å². The number of hydrogen-bond acceptors (Lipinski definition) is 2. The van der Waals surface area contributed by atoms with Crippen molar-refractivity contribution in [1.29, 1.82) is 0 Å². The van der Waals surface area contributed by atoms with Crippen LogP contribution in [-0.4, -0.2) is 17.3 Å². The number of benzene rings is 1. The van der Waals surface area contributed by atoms with E-state index in [1.807, 2.05) is 0 Å². The summed E-state index contributed by atoms with van der Waals surface area (Å²) in [5.74, 6) is 0.114. The highest BCUT2D eigenvalue weighted by Crippen LogP contribution is 2.17. The van der Waals surface area contributed by atoms with Crippen LogP contribution in [0.2, 0.25) is 0 Å². The van der Waals surface area contributed by atoms with Gasteiger partial charge in [0.25, 0.3) is 5.91 Å². The van der Waals surface area contributed by atoms with Gasteiger partial charge in [0.05, 0.1) is 0 Å². The lowest BCUT2D eigenvalue weighted by atomic mass is 10.1. The van der Waals surface area contributed by atoms with Gasteiger partial charge in [0.1, 0.15) is 17.2 Å². The first-order valence-electron chi connectivity index (χ1n) is 5.12. The van der Waals surface area contributed by atoms with Crippen LogP contribution < -0.4 is 5.32 Å². The summed E-state index contributed by atoms with van der Waals surface area (Å²) < 4.78 is 13.4. The maximum absolute atomic E-state index is 13.4. The van der Waals surface area contributed by atoms with E-state index in [-0.39, 0.29) is 11.7 Å². The molecule has 0 aromatic heterocycles. The van der Waals surface area contributed by atoms with E-state index in [1.54, 1.807) is 32.0 Å². The van der Waals surface area contributed by atoms with Crippen molar-refractivity contribution in [3.05, 3.63) is 35.6 Å². The molecule has 1 heterocycles. The van der Waals surface area contributed by atoms with E-state index in [0.29, 0.717) is 17.8 Å². The highest BCUT2D eigenvalue weighted by molar-refractivity contribution is 6.08. The third-order valence-electron chi connectivity index (χ3n) is 2.54. The van der Waals surface area contributed by atoms with E-state index < -0.39 is 5.54 Å². The summed E-state index contributed by atoms with van der Waals surface area (Å²) in [6.45, 7) is 3.47. The maximum Gasteiger partial charge on any atom is 0.252 e. The van der Waals surface area contributed by atoms with Crippen molar-refractivity contribution >= 4 is 11.7 Å². The summed E-state index contributed by atoms with van der Waals surface area (Å²) >= 11 is 0. The quantitative estimate of drug-likeness (QED) is 0.809. The van der Waals surface area contributed by atoms with E-state index in [4.69, 9.17) is 0 Å². The minimum atomic E-state index is -0.736. The van der Waals surface area contributed by atoms with Crippen molar-refractivity contribution in [3.63, 3.8) is 0 Å². The van der Waals surface area contributed by atoms with Gasteiger partial charge in [-0.2, -0.15) is 0 Å². The van der Waals surface area contributed by atoms with E-state index in [1.165, 1.54) is 6.07 Å². The zero-order valence-corrected chi connectivity index (χ0v) is 9.25. The summed E-state index contributed by atoms with van der Waals surface area (Å²) in [4.78, 5) is 15.7. The molecule has 1 aliphatic heterocycles. The average Bonchev–Trinajstić information content (AvgIpc) is 2.44. The van der Waals surface area contributed by atoms with Crippen LogP contribution in [-0.2, 0) is 11.2 Å². The lowest BCUT2D eigenvalue weighted by Crippen LogP contribution is -2.34. The second-order valence-corrected chi connectivity index (χ2v) is 4.34. The van der Waals surface area contributed by atoms with Crippen LogP contribution in [0, 0.1) is 5.82 Å². The number of amides is 1. The fourth-order valence-corrected chi connectivity index (χ4v) is 1.61. The minimum Gasteiger partial charge on any atom is -0.312 e. The van der Waals surface area contributed by atoms with Gasteiger partial charge in [0.2, 0.25) is 0 Å². The predicted molar refractivity (Wildman–Crippen MR) is 59.8 cm³/mol. The van der Waals surface area contributed by atoms with Crippen molar-refractivity contribution in [2.45, 2.75) is 25.8 Å². The Balaban J connectivity index is 2.19. The van der Waals surface area contributed by atoms with Gasteiger partial charge in [-0.05, 0) is 25.5 Å². The molecule has 2 rings (SSSR count). The number of carbonyl (C=O) groups excluding carboxylic acids is 1. The Morgan fingerprint density at radius 3 is 2.62 bits per heavy atom. The largest absolute Gasteiger partial charge is 0.312 e. The smallest absolute Gasteiger partial charge is 0.252 e. The van der Waals surface area contributed by atoms with Gasteiger partial charge in [0, 0.05) is 6.42 Å². The SMILES string of the molecule is CC1(C)N=C(Cc2ccccc2F)NC1=O. The van der Waals surface area contributed by atoms with Gasteiger partial charge in [0.15, 0.2) is 0 Å². The van der Waals surface area contributed by atoms with Crippen molar-refractivity contribution in [3.8, 4) is 0 Å². The van der Waals surface area contributed by atoms with E-state index in [0.717, 1.165) is 0 Å². The van der Waals surface area contributed by atoms with Gasteiger partial charge in [-0.1, -0.05) is 18.2 Å². The molecule has 1 aromatic rings. The molecule has 1 aromatic carbocycles. The lowest BCUT2D eigenvalue weighted by Gasteiger charge is -2.07. The lowest BCUT2D eigenvalue weighted by molar-refractivity contribution is -0.122. The Morgan fingerprint density at radius 2 is 2.06 bits per heavy atom. The second-order valence-electron chi connectivity index (χ2n) is 4.34. The Kier molecular flexibility index (Phi) is 2.50. The molecule has 1 N–H and O–H groups in total.